The zero-order valence-electron chi connectivity index (χ0n) is 20.0. The highest BCUT2D eigenvalue weighted by Gasteiger charge is 2.47. The lowest BCUT2D eigenvalue weighted by atomic mass is 9.85. The fourth-order valence-electron chi connectivity index (χ4n) is 4.02. The number of hydrogen-bond donors (Lipinski definition) is 1. The van der Waals surface area contributed by atoms with Gasteiger partial charge in [0, 0.05) is 19.2 Å². The van der Waals surface area contributed by atoms with Crippen molar-refractivity contribution in [1.29, 1.82) is 0 Å². The van der Waals surface area contributed by atoms with E-state index < -0.39 is 17.7 Å². The first-order valence-electron chi connectivity index (χ1n) is 10.7. The molecule has 7 heteroatoms. The van der Waals surface area contributed by atoms with Crippen LogP contribution in [0.2, 0.25) is 0 Å². The Bertz CT molecular complexity index is 1080. The van der Waals surface area contributed by atoms with Crippen LogP contribution in [0.4, 0.5) is 0 Å². The number of hydrogen-bond acceptors (Lipinski definition) is 6. The number of benzene rings is 2. The highest BCUT2D eigenvalue weighted by molar-refractivity contribution is 6.46. The van der Waals surface area contributed by atoms with Gasteiger partial charge in [-0.1, -0.05) is 45.0 Å². The lowest BCUT2D eigenvalue weighted by Crippen LogP contribution is -2.32. The number of carbonyl (C=O) groups is 2. The SMILES string of the molecule is COCCN1C(=O)C(=O)/C(=C(/O)c2cc(C(C)(C)C)ccc2OC)C1c1ccccc1OC. The molecule has 1 saturated heterocycles. The van der Waals surface area contributed by atoms with Gasteiger partial charge in [-0.2, -0.15) is 0 Å². The zero-order valence-corrected chi connectivity index (χ0v) is 20.0. The van der Waals surface area contributed by atoms with E-state index in [9.17, 15) is 14.7 Å². The summed E-state index contributed by atoms with van der Waals surface area (Å²) in [6.07, 6.45) is 0. The molecule has 1 fully saturated rings. The number of aliphatic hydroxyl groups is 1. The van der Waals surface area contributed by atoms with Crippen LogP contribution in [-0.4, -0.2) is 56.2 Å². The largest absolute Gasteiger partial charge is 0.507 e. The second kappa shape index (κ2) is 9.67. The number of ketones is 1. The van der Waals surface area contributed by atoms with Crippen molar-refractivity contribution in [2.24, 2.45) is 0 Å². The average molecular weight is 454 g/mol. The number of aliphatic hydroxyl groups excluding tert-OH is 1. The minimum atomic E-state index is -0.834. The molecule has 7 nitrogen and oxygen atoms in total. The van der Waals surface area contributed by atoms with Crippen molar-refractivity contribution >= 4 is 17.4 Å². The van der Waals surface area contributed by atoms with Crippen LogP contribution in [0.5, 0.6) is 11.5 Å². The number of nitrogens with zero attached hydrogens (tertiary/aromatic N) is 1. The number of rotatable bonds is 7. The first-order valence-corrected chi connectivity index (χ1v) is 10.7. The highest BCUT2D eigenvalue weighted by Crippen LogP contribution is 2.44. The lowest BCUT2D eigenvalue weighted by Gasteiger charge is -2.26. The number of carbonyl (C=O) groups excluding carboxylic acids is 2. The first kappa shape index (κ1) is 24.3. The van der Waals surface area contributed by atoms with Crippen molar-refractivity contribution in [3.63, 3.8) is 0 Å². The van der Waals surface area contributed by atoms with Crippen LogP contribution < -0.4 is 9.47 Å². The maximum Gasteiger partial charge on any atom is 0.295 e. The van der Waals surface area contributed by atoms with Crippen molar-refractivity contribution < 1.29 is 28.9 Å². The zero-order chi connectivity index (χ0) is 24.3. The van der Waals surface area contributed by atoms with Gasteiger partial charge in [0.05, 0.1) is 38.0 Å². The Morgan fingerprint density at radius 1 is 1.00 bits per heavy atom. The van der Waals surface area contributed by atoms with Gasteiger partial charge in [-0.05, 0) is 29.2 Å². The van der Waals surface area contributed by atoms with E-state index in [1.807, 2.05) is 6.07 Å². The van der Waals surface area contributed by atoms with Gasteiger partial charge in [-0.25, -0.2) is 0 Å². The molecule has 2 aromatic rings. The summed E-state index contributed by atoms with van der Waals surface area (Å²) in [5.74, 6) is -0.833. The molecule has 176 valence electrons. The van der Waals surface area contributed by atoms with Crippen molar-refractivity contribution in [2.45, 2.75) is 32.2 Å². The molecular formula is C26H31NO6. The molecule has 1 heterocycles. The molecule has 1 amide bonds. The monoisotopic (exact) mass is 453 g/mol. The molecule has 0 spiro atoms. The lowest BCUT2D eigenvalue weighted by molar-refractivity contribution is -0.140. The van der Waals surface area contributed by atoms with Gasteiger partial charge >= 0.3 is 0 Å². The summed E-state index contributed by atoms with van der Waals surface area (Å²) in [6, 6.07) is 11.8. The van der Waals surface area contributed by atoms with Crippen molar-refractivity contribution in [1.82, 2.24) is 4.90 Å². The molecule has 0 bridgehead atoms. The molecule has 1 aliphatic rings. The summed E-state index contributed by atoms with van der Waals surface area (Å²) >= 11 is 0. The number of likely N-dealkylation sites (tertiary alicyclic amines) is 1. The van der Waals surface area contributed by atoms with Crippen molar-refractivity contribution in [3.8, 4) is 11.5 Å². The Balaban J connectivity index is 2.30. The number of methoxy groups -OCH3 is 3. The Hall–Kier alpha value is -3.32. The topological polar surface area (TPSA) is 85.3 Å². The standard InChI is InChI=1S/C26H31NO6/c1-26(2,3)16-11-12-20(33-6)18(15-16)23(28)21-22(17-9-7-8-10-19(17)32-5)27(13-14-31-4)25(30)24(21)29/h7-12,15,22,28H,13-14H2,1-6H3/b23-21+. The van der Waals surface area contributed by atoms with Crippen molar-refractivity contribution in [2.75, 3.05) is 34.5 Å². The molecule has 0 aromatic heterocycles. The van der Waals surface area contributed by atoms with E-state index in [0.29, 0.717) is 22.6 Å². The summed E-state index contributed by atoms with van der Waals surface area (Å²) in [5, 5.41) is 11.5. The van der Waals surface area contributed by atoms with E-state index in [1.54, 1.807) is 36.4 Å². The van der Waals surface area contributed by atoms with Gasteiger partial charge in [0.25, 0.3) is 11.7 Å². The van der Waals surface area contributed by atoms with E-state index in [1.165, 1.54) is 26.2 Å². The van der Waals surface area contributed by atoms with Gasteiger partial charge < -0.3 is 24.2 Å². The first-order chi connectivity index (χ1) is 15.6. The molecule has 0 saturated carbocycles. The van der Waals surface area contributed by atoms with E-state index in [-0.39, 0.29) is 29.9 Å². The van der Waals surface area contributed by atoms with Gasteiger partial charge in [0.15, 0.2) is 0 Å². The van der Waals surface area contributed by atoms with Crippen LogP contribution in [0.25, 0.3) is 5.76 Å². The molecule has 3 rings (SSSR count). The van der Waals surface area contributed by atoms with Crippen LogP contribution in [0, 0.1) is 0 Å². The summed E-state index contributed by atoms with van der Waals surface area (Å²) in [6.45, 7) is 6.58. The fraction of sp³-hybridized carbons (Fsp3) is 0.385. The second-order valence-electron chi connectivity index (χ2n) is 8.89. The fourth-order valence-corrected chi connectivity index (χ4v) is 4.02. The summed E-state index contributed by atoms with van der Waals surface area (Å²) in [7, 11) is 4.55. The third-order valence-electron chi connectivity index (χ3n) is 5.83. The molecule has 1 unspecified atom stereocenters. The van der Waals surface area contributed by atoms with E-state index in [2.05, 4.69) is 20.8 Å². The van der Waals surface area contributed by atoms with Crippen LogP contribution in [0.1, 0.15) is 43.5 Å². The molecule has 1 N–H and O–H groups in total. The smallest absolute Gasteiger partial charge is 0.295 e. The second-order valence-corrected chi connectivity index (χ2v) is 8.89. The number of Topliss-reactive ketones (excluding diaryl/α,β-unsaturated/α-hetero) is 1. The van der Waals surface area contributed by atoms with Gasteiger partial charge in [-0.3, -0.25) is 9.59 Å². The third-order valence-corrected chi connectivity index (χ3v) is 5.83. The van der Waals surface area contributed by atoms with E-state index in [0.717, 1.165) is 5.56 Å². The number of ether oxygens (including phenoxy) is 3. The van der Waals surface area contributed by atoms with Crippen molar-refractivity contribution in [3.05, 3.63) is 64.7 Å². The normalized spacial score (nSPS) is 18.0. The molecule has 2 aromatic carbocycles. The number of amides is 1. The maximum atomic E-state index is 13.2. The van der Waals surface area contributed by atoms with Gasteiger partial charge in [-0.15, -0.1) is 0 Å². The van der Waals surface area contributed by atoms with E-state index in [4.69, 9.17) is 14.2 Å². The minimum Gasteiger partial charge on any atom is -0.507 e. The minimum absolute atomic E-state index is 0.00929. The molecule has 1 atom stereocenters. The highest BCUT2D eigenvalue weighted by atomic mass is 16.5. The quantitative estimate of drug-likeness (QED) is 0.386. The van der Waals surface area contributed by atoms with Crippen LogP contribution in [0.3, 0.4) is 0 Å². The predicted octanol–water partition coefficient (Wildman–Crippen LogP) is 4.07. The van der Waals surface area contributed by atoms with Crippen LogP contribution in [0.15, 0.2) is 48.0 Å². The van der Waals surface area contributed by atoms with Gasteiger partial charge in [0.2, 0.25) is 0 Å². The third kappa shape index (κ3) is 4.59. The maximum absolute atomic E-state index is 13.2. The molecular weight excluding hydrogens is 422 g/mol. The average Bonchev–Trinajstić information content (AvgIpc) is 3.05. The van der Waals surface area contributed by atoms with Crippen LogP contribution in [-0.2, 0) is 19.7 Å². The van der Waals surface area contributed by atoms with E-state index >= 15 is 0 Å². The number of para-hydroxylation sites is 1. The molecule has 33 heavy (non-hydrogen) atoms. The molecule has 0 aliphatic carbocycles. The Labute approximate surface area is 194 Å². The summed E-state index contributed by atoms with van der Waals surface area (Å²) in [5.41, 5.74) is 1.70. The Morgan fingerprint density at radius 2 is 1.67 bits per heavy atom. The van der Waals surface area contributed by atoms with Gasteiger partial charge in [0.1, 0.15) is 17.3 Å². The Kier molecular flexibility index (Phi) is 7.12. The Morgan fingerprint density at radius 3 is 2.27 bits per heavy atom. The molecule has 1 aliphatic heterocycles. The predicted molar refractivity (Wildman–Crippen MR) is 126 cm³/mol. The molecule has 0 radical (unpaired) electrons. The summed E-state index contributed by atoms with van der Waals surface area (Å²) < 4.78 is 16.2. The summed E-state index contributed by atoms with van der Waals surface area (Å²) in [4.78, 5) is 27.7. The van der Waals surface area contributed by atoms with Crippen LogP contribution >= 0.6 is 0 Å².